The lowest BCUT2D eigenvalue weighted by Gasteiger charge is -2.50. The largest absolute Gasteiger partial charge is 0.481 e. The molecule has 0 aliphatic heterocycles. The first-order chi connectivity index (χ1) is 12.6. The highest BCUT2D eigenvalue weighted by atomic mass is 16.4. The Morgan fingerprint density at radius 3 is 1.45 bits per heavy atom. The van der Waals surface area contributed by atoms with Crippen molar-refractivity contribution in [3.05, 3.63) is 0 Å². The summed E-state index contributed by atoms with van der Waals surface area (Å²) in [7, 11) is 13.4. The molecule has 29 heavy (non-hydrogen) atoms. The Hall–Kier alpha value is -0.930. The van der Waals surface area contributed by atoms with Gasteiger partial charge in [0, 0.05) is 0 Å². The van der Waals surface area contributed by atoms with Crippen LogP contribution in [0.15, 0.2) is 0 Å². The highest BCUT2D eigenvalue weighted by Gasteiger charge is 2.47. The predicted octanol–water partition coefficient (Wildman–Crippen LogP) is 5.62. The zero-order valence-electron chi connectivity index (χ0n) is 20.3. The van der Waals surface area contributed by atoms with Crippen molar-refractivity contribution >= 4 is 27.6 Å². The predicted molar refractivity (Wildman–Crippen MR) is 122 cm³/mol. The van der Waals surface area contributed by atoms with Gasteiger partial charge in [-0.25, -0.2) is 0 Å². The van der Waals surface area contributed by atoms with Crippen LogP contribution in [0, 0.1) is 33.5 Å². The Morgan fingerprint density at radius 2 is 1.14 bits per heavy atom. The van der Waals surface area contributed by atoms with E-state index in [1.807, 2.05) is 13.8 Å². The van der Waals surface area contributed by atoms with Crippen molar-refractivity contribution < 1.29 is 19.8 Å². The summed E-state index contributed by atoms with van der Waals surface area (Å²) in [6, 6.07) is 0. The van der Waals surface area contributed by atoms with Crippen LogP contribution in [-0.2, 0) is 9.59 Å². The average Bonchev–Trinajstić information content (AvgIpc) is 2.39. The molecule has 0 aliphatic rings. The third-order valence-electron chi connectivity index (χ3n) is 5.75. The van der Waals surface area contributed by atoms with Crippen molar-refractivity contribution in [3.8, 4) is 0 Å². The maximum absolute atomic E-state index is 12.1. The van der Waals surface area contributed by atoms with Gasteiger partial charge in [0.05, 0.1) is 28.0 Å². The Balaban J connectivity index is 6.27. The topological polar surface area (TPSA) is 74.6 Å². The highest BCUT2D eigenvalue weighted by molar-refractivity contribution is 6.22. The maximum atomic E-state index is 12.1. The van der Waals surface area contributed by atoms with E-state index >= 15 is 0 Å². The summed E-state index contributed by atoms with van der Waals surface area (Å²) in [4.78, 5) is 23.6. The zero-order valence-corrected chi connectivity index (χ0v) is 20.3. The van der Waals surface area contributed by atoms with E-state index in [1.165, 1.54) is 0 Å². The fourth-order valence-electron chi connectivity index (χ4n) is 5.60. The lowest BCUT2D eigenvalue weighted by molar-refractivity contribution is -0.153. The van der Waals surface area contributed by atoms with Gasteiger partial charge in [0.25, 0.3) is 0 Å². The van der Waals surface area contributed by atoms with E-state index in [0.717, 1.165) is 6.42 Å². The second kappa shape index (κ2) is 9.47. The molecule has 0 spiro atoms. The van der Waals surface area contributed by atoms with E-state index in [0.29, 0.717) is 6.42 Å². The standard InChI is InChI=1S/C23H42B2O4/c1-20(2,3)12-22(7,8)16(14(19(28)29)11-15(26)27)17(24)18(25)23(9,10)13-21(4,5)6/h14,16-18H,11-13H2,1-10H3,(H,26,27)(H,28,29). The van der Waals surface area contributed by atoms with E-state index in [1.54, 1.807) is 0 Å². The summed E-state index contributed by atoms with van der Waals surface area (Å²) in [6.07, 6.45) is 1.06. The number of carbonyl (C=O) groups is 2. The first-order valence-electron chi connectivity index (χ1n) is 10.6. The number of carboxylic acids is 2. The van der Waals surface area contributed by atoms with Gasteiger partial charge in [-0.15, -0.1) is 0 Å². The quantitative estimate of drug-likeness (QED) is 0.464. The van der Waals surface area contributed by atoms with Crippen molar-refractivity contribution in [2.45, 2.75) is 100 Å². The summed E-state index contributed by atoms with van der Waals surface area (Å²) in [5.41, 5.74) is -0.880. The first-order valence-corrected chi connectivity index (χ1v) is 10.6. The van der Waals surface area contributed by atoms with Gasteiger partial charge >= 0.3 is 11.9 Å². The molecule has 0 amide bonds. The monoisotopic (exact) mass is 404 g/mol. The minimum absolute atomic E-state index is 0.0323. The minimum atomic E-state index is -1.14. The molecule has 2 N–H and O–H groups in total. The second-order valence-corrected chi connectivity index (χ2v) is 12.6. The molecule has 6 heteroatoms. The van der Waals surface area contributed by atoms with Crippen LogP contribution in [0.4, 0.5) is 0 Å². The van der Waals surface area contributed by atoms with E-state index in [2.05, 4.69) is 55.4 Å². The molecule has 0 saturated carbocycles. The molecule has 0 aromatic heterocycles. The fraction of sp³-hybridized carbons (Fsp3) is 0.913. The zero-order chi connectivity index (χ0) is 23.6. The van der Waals surface area contributed by atoms with Gasteiger partial charge in [0.2, 0.25) is 0 Å². The molecule has 0 heterocycles. The van der Waals surface area contributed by atoms with Crippen molar-refractivity contribution in [2.75, 3.05) is 0 Å². The molecule has 0 saturated heterocycles. The second-order valence-electron chi connectivity index (χ2n) is 12.6. The normalized spacial score (nSPS) is 18.0. The highest BCUT2D eigenvalue weighted by Crippen LogP contribution is 2.55. The molecule has 0 bridgehead atoms. The summed E-state index contributed by atoms with van der Waals surface area (Å²) < 4.78 is 0. The first kappa shape index (κ1) is 28.1. The number of hydrogen-bond acceptors (Lipinski definition) is 2. The fourth-order valence-corrected chi connectivity index (χ4v) is 5.60. The van der Waals surface area contributed by atoms with Gasteiger partial charge in [0.15, 0.2) is 0 Å². The molecular formula is C23H42B2O4. The van der Waals surface area contributed by atoms with Crippen LogP contribution in [0.25, 0.3) is 0 Å². The lowest BCUT2D eigenvalue weighted by Crippen LogP contribution is -2.44. The van der Waals surface area contributed by atoms with E-state index < -0.39 is 47.2 Å². The van der Waals surface area contributed by atoms with E-state index in [-0.39, 0.29) is 16.2 Å². The van der Waals surface area contributed by atoms with Crippen LogP contribution in [0.1, 0.15) is 88.5 Å². The Morgan fingerprint density at radius 1 is 0.759 bits per heavy atom. The SMILES string of the molecule is [B]C(C([B])C(C)(C)CC(C)(C)C)C(C(CC(=O)O)C(=O)O)C(C)(C)CC(C)(C)C. The molecule has 4 atom stereocenters. The molecule has 4 unspecified atom stereocenters. The van der Waals surface area contributed by atoms with Gasteiger partial charge in [-0.1, -0.05) is 80.9 Å². The van der Waals surface area contributed by atoms with Gasteiger partial charge in [-0.05, 0) is 40.4 Å². The molecule has 4 nitrogen and oxygen atoms in total. The third kappa shape index (κ3) is 9.17. The molecule has 0 fully saturated rings. The molecule has 0 aromatic rings. The smallest absolute Gasteiger partial charge is 0.307 e. The number of carboxylic acid groups (broad SMARTS) is 2. The maximum Gasteiger partial charge on any atom is 0.307 e. The number of hydrogen-bond donors (Lipinski definition) is 2. The summed E-state index contributed by atoms with van der Waals surface area (Å²) >= 11 is 0. The summed E-state index contributed by atoms with van der Waals surface area (Å²) in [5, 5.41) is 19.3. The van der Waals surface area contributed by atoms with Crippen molar-refractivity contribution in [1.29, 1.82) is 0 Å². The van der Waals surface area contributed by atoms with E-state index in [9.17, 15) is 19.8 Å². The van der Waals surface area contributed by atoms with Gasteiger partial charge in [-0.2, -0.15) is 0 Å². The molecule has 0 aromatic carbocycles. The van der Waals surface area contributed by atoms with Crippen molar-refractivity contribution in [1.82, 2.24) is 0 Å². The molecule has 0 rings (SSSR count). The van der Waals surface area contributed by atoms with Gasteiger partial charge in [0.1, 0.15) is 0 Å². The van der Waals surface area contributed by atoms with Crippen LogP contribution in [-0.4, -0.2) is 37.8 Å². The molecule has 0 aliphatic carbocycles. The number of aliphatic carboxylic acids is 2. The van der Waals surface area contributed by atoms with Crippen LogP contribution in [0.5, 0.6) is 0 Å². The molecular weight excluding hydrogens is 362 g/mol. The van der Waals surface area contributed by atoms with Crippen LogP contribution < -0.4 is 0 Å². The van der Waals surface area contributed by atoms with Crippen molar-refractivity contribution in [2.24, 2.45) is 33.5 Å². The lowest BCUT2D eigenvalue weighted by atomic mass is 9.45. The van der Waals surface area contributed by atoms with Crippen LogP contribution >= 0.6 is 0 Å². The third-order valence-corrected chi connectivity index (χ3v) is 5.75. The Labute approximate surface area is 181 Å². The Kier molecular flexibility index (Phi) is 9.17. The Bertz CT molecular complexity index is 570. The number of rotatable bonds is 10. The van der Waals surface area contributed by atoms with Gasteiger partial charge < -0.3 is 10.2 Å². The van der Waals surface area contributed by atoms with Crippen molar-refractivity contribution in [3.63, 3.8) is 0 Å². The minimum Gasteiger partial charge on any atom is -0.481 e. The van der Waals surface area contributed by atoms with Gasteiger partial charge in [-0.3, -0.25) is 9.59 Å². The van der Waals surface area contributed by atoms with E-state index in [4.69, 9.17) is 15.7 Å². The molecule has 164 valence electrons. The summed E-state index contributed by atoms with van der Waals surface area (Å²) in [5.74, 6) is -5.06. The summed E-state index contributed by atoms with van der Waals surface area (Å²) in [6.45, 7) is 20.8. The van der Waals surface area contributed by atoms with Crippen LogP contribution in [0.2, 0.25) is 11.6 Å². The molecule has 4 radical (unpaired) electrons. The van der Waals surface area contributed by atoms with Crippen LogP contribution in [0.3, 0.4) is 0 Å². The average molecular weight is 404 g/mol.